The van der Waals surface area contributed by atoms with E-state index in [9.17, 15) is 8.42 Å². The molecule has 1 aliphatic heterocycles. The van der Waals surface area contributed by atoms with E-state index in [1.165, 1.54) is 0 Å². The third kappa shape index (κ3) is 4.05. The second-order valence-electron chi connectivity index (χ2n) is 4.29. The Bertz CT molecular complexity index is 594. The zero-order valence-corrected chi connectivity index (χ0v) is 12.7. The molecule has 2 N–H and O–H groups in total. The van der Waals surface area contributed by atoms with Crippen molar-refractivity contribution < 1.29 is 22.4 Å². The van der Waals surface area contributed by atoms with Crippen LogP contribution < -0.4 is 4.72 Å². The van der Waals surface area contributed by atoms with E-state index in [0.29, 0.717) is 15.6 Å². The summed E-state index contributed by atoms with van der Waals surface area (Å²) in [6, 6.07) is 4.91. The first-order valence-corrected chi connectivity index (χ1v) is 7.94. The van der Waals surface area contributed by atoms with E-state index < -0.39 is 28.8 Å². The highest BCUT2D eigenvalue weighted by Gasteiger charge is 2.36. The summed E-state index contributed by atoms with van der Waals surface area (Å²) in [5, 5.41) is 0.885. The Labute approximate surface area is 126 Å². The molecule has 112 valence electrons. The van der Waals surface area contributed by atoms with Crippen LogP contribution in [0.3, 0.4) is 0 Å². The summed E-state index contributed by atoms with van der Waals surface area (Å²) in [7, 11) is -4.29. The molecule has 0 bridgehead atoms. The maximum Gasteiger partial charge on any atom is 0.333 e. The van der Waals surface area contributed by atoms with Gasteiger partial charge in [0.15, 0.2) is 6.29 Å². The number of ether oxygens (including phenoxy) is 2. The van der Waals surface area contributed by atoms with Gasteiger partial charge in [0, 0.05) is 22.2 Å². The molecule has 0 amide bonds. The number of hydrogen-bond donors (Lipinski definition) is 2. The van der Waals surface area contributed by atoms with Crippen molar-refractivity contribution in [3.63, 3.8) is 0 Å². The molecule has 0 spiro atoms. The van der Waals surface area contributed by atoms with Gasteiger partial charge in [0.25, 0.3) is 0 Å². The van der Waals surface area contributed by atoms with Crippen molar-refractivity contribution in [3.05, 3.63) is 33.8 Å². The Morgan fingerprint density at radius 2 is 2.05 bits per heavy atom. The highest BCUT2D eigenvalue weighted by molar-refractivity contribution is 7.83. The molecule has 6 nitrogen and oxygen atoms in total. The van der Waals surface area contributed by atoms with Crippen LogP contribution in [0.25, 0.3) is 0 Å². The lowest BCUT2D eigenvalue weighted by Gasteiger charge is -2.18. The molecule has 0 aliphatic carbocycles. The summed E-state index contributed by atoms with van der Waals surface area (Å²) in [5.74, 6) is 0. The summed E-state index contributed by atoms with van der Waals surface area (Å²) in [5.41, 5.74) is 0.641. The molecule has 1 aromatic carbocycles. The van der Waals surface area contributed by atoms with Gasteiger partial charge in [-0.3, -0.25) is 4.55 Å². The number of halogens is 2. The molecule has 1 aliphatic rings. The van der Waals surface area contributed by atoms with Crippen LogP contribution in [-0.2, 0) is 19.8 Å². The highest BCUT2D eigenvalue weighted by atomic mass is 35.5. The fraction of sp³-hybridized carbons (Fsp3) is 0.455. The molecule has 2 rings (SSSR count). The first kappa shape index (κ1) is 16.0. The van der Waals surface area contributed by atoms with Crippen molar-refractivity contribution in [2.45, 2.75) is 25.4 Å². The quantitative estimate of drug-likeness (QED) is 0.820. The third-order valence-corrected chi connectivity index (χ3v) is 3.87. The highest BCUT2D eigenvalue weighted by Crippen LogP contribution is 2.36. The van der Waals surface area contributed by atoms with Gasteiger partial charge in [0.05, 0.1) is 0 Å². The first-order chi connectivity index (χ1) is 9.26. The van der Waals surface area contributed by atoms with Gasteiger partial charge in [-0.05, 0) is 19.1 Å². The average Bonchev–Trinajstić information content (AvgIpc) is 2.67. The summed E-state index contributed by atoms with van der Waals surface area (Å²) < 4.78 is 43.2. The van der Waals surface area contributed by atoms with Gasteiger partial charge in [-0.1, -0.05) is 29.3 Å². The molecule has 0 saturated carbocycles. The Balaban J connectivity index is 2.19. The van der Waals surface area contributed by atoms with E-state index in [2.05, 4.69) is 0 Å². The van der Waals surface area contributed by atoms with Crippen molar-refractivity contribution in [3.8, 4) is 0 Å². The Hall–Kier alpha value is -0.410. The molecular formula is C11H13Cl2NO5S. The van der Waals surface area contributed by atoms with E-state index in [1.54, 1.807) is 25.1 Å². The van der Waals surface area contributed by atoms with Gasteiger partial charge in [-0.25, -0.2) is 0 Å². The largest absolute Gasteiger partial charge is 0.345 e. The van der Waals surface area contributed by atoms with Crippen molar-refractivity contribution >= 4 is 33.5 Å². The predicted octanol–water partition coefficient (Wildman–Crippen LogP) is 2.19. The minimum atomic E-state index is -4.29. The molecule has 0 aromatic heterocycles. The number of hydrogen-bond acceptors (Lipinski definition) is 4. The average molecular weight is 342 g/mol. The predicted molar refractivity (Wildman–Crippen MR) is 74.2 cm³/mol. The lowest BCUT2D eigenvalue weighted by Crippen LogP contribution is -2.34. The molecule has 1 saturated heterocycles. The first-order valence-electron chi connectivity index (χ1n) is 5.74. The zero-order valence-electron chi connectivity index (χ0n) is 10.4. The topological polar surface area (TPSA) is 84.9 Å². The molecule has 1 heterocycles. The van der Waals surface area contributed by atoms with Crippen LogP contribution in [0.2, 0.25) is 10.0 Å². The summed E-state index contributed by atoms with van der Waals surface area (Å²) in [6.45, 7) is 1.55. The standard InChI is InChI=1S/C11H13Cl2NO5S/c1-6-18-10(5-14-20(15,16)17)11(19-6)8-3-2-7(12)4-9(8)13/h2-4,6,10-11,14H,5H2,1H3,(H,15,16,17)/t6?,10-,11-/m1/s1. The molecule has 1 aromatic rings. The van der Waals surface area contributed by atoms with E-state index in [0.717, 1.165) is 0 Å². The van der Waals surface area contributed by atoms with Gasteiger partial charge < -0.3 is 9.47 Å². The van der Waals surface area contributed by atoms with Crippen molar-refractivity contribution in [1.29, 1.82) is 0 Å². The monoisotopic (exact) mass is 341 g/mol. The maximum absolute atomic E-state index is 10.7. The van der Waals surface area contributed by atoms with E-state index in [-0.39, 0.29) is 6.54 Å². The van der Waals surface area contributed by atoms with Gasteiger partial charge in [-0.15, -0.1) is 0 Å². The molecule has 20 heavy (non-hydrogen) atoms. The zero-order chi connectivity index (χ0) is 14.9. The Morgan fingerprint density at radius 3 is 2.65 bits per heavy atom. The SMILES string of the molecule is CC1O[C@H](c2ccc(Cl)cc2Cl)[C@@H](CNS(=O)(=O)O)O1. The van der Waals surface area contributed by atoms with Crippen LogP contribution in [0.5, 0.6) is 0 Å². The van der Waals surface area contributed by atoms with Crippen molar-refractivity contribution in [1.82, 2.24) is 4.72 Å². The number of nitrogens with one attached hydrogen (secondary N) is 1. The molecule has 3 atom stereocenters. The van der Waals surface area contributed by atoms with Gasteiger partial charge in [-0.2, -0.15) is 13.1 Å². The lowest BCUT2D eigenvalue weighted by molar-refractivity contribution is -0.0505. The smallest absolute Gasteiger partial charge is 0.333 e. The number of benzene rings is 1. The Morgan fingerprint density at radius 1 is 1.35 bits per heavy atom. The van der Waals surface area contributed by atoms with Crippen molar-refractivity contribution in [2.75, 3.05) is 6.54 Å². The van der Waals surface area contributed by atoms with Gasteiger partial charge in [0.2, 0.25) is 0 Å². The molecule has 0 radical (unpaired) electrons. The van der Waals surface area contributed by atoms with Gasteiger partial charge >= 0.3 is 10.3 Å². The van der Waals surface area contributed by atoms with Crippen LogP contribution in [0, 0.1) is 0 Å². The van der Waals surface area contributed by atoms with E-state index in [4.69, 9.17) is 37.2 Å². The second-order valence-corrected chi connectivity index (χ2v) is 6.37. The molecular weight excluding hydrogens is 329 g/mol. The normalized spacial score (nSPS) is 26.9. The van der Waals surface area contributed by atoms with Crippen LogP contribution >= 0.6 is 23.2 Å². The van der Waals surface area contributed by atoms with Crippen molar-refractivity contribution in [2.24, 2.45) is 0 Å². The minimum absolute atomic E-state index is 0.132. The maximum atomic E-state index is 10.7. The summed E-state index contributed by atoms with van der Waals surface area (Å²) in [6.07, 6.45) is -1.67. The van der Waals surface area contributed by atoms with Crippen LogP contribution in [0.4, 0.5) is 0 Å². The summed E-state index contributed by atoms with van der Waals surface area (Å²) >= 11 is 11.9. The van der Waals surface area contributed by atoms with Crippen LogP contribution in [0.1, 0.15) is 18.6 Å². The second kappa shape index (κ2) is 6.15. The summed E-state index contributed by atoms with van der Waals surface area (Å²) in [4.78, 5) is 0. The molecule has 1 fully saturated rings. The van der Waals surface area contributed by atoms with Crippen LogP contribution in [-0.4, -0.2) is 31.9 Å². The number of rotatable bonds is 4. The fourth-order valence-electron chi connectivity index (χ4n) is 1.99. The van der Waals surface area contributed by atoms with E-state index in [1.807, 2.05) is 4.72 Å². The van der Waals surface area contributed by atoms with Crippen LogP contribution in [0.15, 0.2) is 18.2 Å². The minimum Gasteiger partial charge on any atom is -0.345 e. The van der Waals surface area contributed by atoms with E-state index >= 15 is 0 Å². The molecule has 1 unspecified atom stereocenters. The molecule has 9 heteroatoms. The van der Waals surface area contributed by atoms with Gasteiger partial charge in [0.1, 0.15) is 12.2 Å². The third-order valence-electron chi connectivity index (χ3n) is 2.78. The Kier molecular flexibility index (Phi) is 4.91. The lowest BCUT2D eigenvalue weighted by atomic mass is 10.0. The fourth-order valence-corrected chi connectivity index (χ4v) is 2.88.